The van der Waals surface area contributed by atoms with Crippen molar-refractivity contribution in [1.82, 2.24) is 19.6 Å². The lowest BCUT2D eigenvalue weighted by Crippen LogP contribution is -2.13. The lowest BCUT2D eigenvalue weighted by atomic mass is 9.96. The van der Waals surface area contributed by atoms with Gasteiger partial charge in [0.1, 0.15) is 17.0 Å². The average molecular weight is 430 g/mol. The molecule has 0 saturated carbocycles. The van der Waals surface area contributed by atoms with Gasteiger partial charge in [0.2, 0.25) is 0 Å². The van der Waals surface area contributed by atoms with Crippen LogP contribution in [0, 0.1) is 5.82 Å². The Morgan fingerprint density at radius 1 is 1.15 bits per heavy atom. The van der Waals surface area contributed by atoms with Crippen LogP contribution < -0.4 is 11.3 Å². The smallest absolute Gasteiger partial charge is 0.272 e. The highest BCUT2D eigenvalue weighted by Gasteiger charge is 2.19. The van der Waals surface area contributed by atoms with E-state index in [1.54, 1.807) is 12.3 Å². The van der Waals surface area contributed by atoms with Gasteiger partial charge in [-0.2, -0.15) is 9.47 Å². The van der Waals surface area contributed by atoms with Crippen LogP contribution in [0.3, 0.4) is 0 Å². The van der Waals surface area contributed by atoms with Crippen molar-refractivity contribution in [3.63, 3.8) is 0 Å². The van der Waals surface area contributed by atoms with E-state index in [1.165, 1.54) is 23.8 Å². The number of rotatable bonds is 1. The molecule has 0 bridgehead atoms. The molecule has 2 aromatic carbocycles. The molecule has 5 aromatic rings. The van der Waals surface area contributed by atoms with Gasteiger partial charge in [-0.3, -0.25) is 9.89 Å². The van der Waals surface area contributed by atoms with Crippen molar-refractivity contribution in [3.05, 3.63) is 51.2 Å². The van der Waals surface area contributed by atoms with Gasteiger partial charge in [-0.15, -0.1) is 0 Å². The molecule has 0 aliphatic rings. The van der Waals surface area contributed by atoms with Gasteiger partial charge in [-0.05, 0) is 29.2 Å². The third-order valence-electron chi connectivity index (χ3n) is 4.45. The molecular formula is C17H9BrFN5OS. The molecule has 0 spiro atoms. The summed E-state index contributed by atoms with van der Waals surface area (Å²) in [5.41, 5.74) is 7.94. The third-order valence-corrected chi connectivity index (χ3v) is 5.92. The fourth-order valence-electron chi connectivity index (χ4n) is 3.26. The summed E-state index contributed by atoms with van der Waals surface area (Å²) in [6.45, 7) is 0. The van der Waals surface area contributed by atoms with E-state index >= 15 is 0 Å². The van der Waals surface area contributed by atoms with Crippen LogP contribution in [0.5, 0.6) is 0 Å². The van der Waals surface area contributed by atoms with Crippen LogP contribution in [-0.4, -0.2) is 19.6 Å². The summed E-state index contributed by atoms with van der Waals surface area (Å²) in [6, 6.07) is 4.84. The predicted octanol–water partition coefficient (Wildman–Crippen LogP) is 4.16. The molecule has 0 saturated heterocycles. The van der Waals surface area contributed by atoms with Gasteiger partial charge in [0.15, 0.2) is 0 Å². The van der Waals surface area contributed by atoms with E-state index in [4.69, 9.17) is 5.73 Å². The van der Waals surface area contributed by atoms with Crippen molar-refractivity contribution < 1.29 is 4.39 Å². The minimum atomic E-state index is -0.417. The van der Waals surface area contributed by atoms with E-state index in [1.807, 2.05) is 6.07 Å². The molecule has 0 atom stereocenters. The van der Waals surface area contributed by atoms with E-state index in [9.17, 15) is 9.18 Å². The van der Waals surface area contributed by atoms with E-state index in [2.05, 4.69) is 35.5 Å². The third kappa shape index (κ3) is 1.98. The lowest BCUT2D eigenvalue weighted by Gasteiger charge is -2.12. The van der Waals surface area contributed by atoms with Gasteiger partial charge in [-0.25, -0.2) is 4.39 Å². The van der Waals surface area contributed by atoms with Crippen LogP contribution in [0.1, 0.15) is 0 Å². The van der Waals surface area contributed by atoms with E-state index in [-0.39, 0.29) is 11.2 Å². The Labute approximate surface area is 157 Å². The molecule has 4 N–H and O–H groups in total. The molecule has 0 radical (unpaired) electrons. The van der Waals surface area contributed by atoms with Crippen LogP contribution in [0.4, 0.5) is 10.1 Å². The van der Waals surface area contributed by atoms with Crippen LogP contribution in [-0.2, 0) is 0 Å². The molecule has 0 unspecified atom stereocenters. The standard InChI is InChI=1S/C17H9BrFN5OS/c18-10-3-7-12(6-1-2-11(19)14-8(6)4-21-24-14)13(20)17(25)23-15(7)16-9(10)5-22-26-16/h1-5H,20H2,(H,21,24)(H,23,25). The minimum Gasteiger partial charge on any atom is -0.394 e. The quantitative estimate of drug-likeness (QED) is 0.372. The lowest BCUT2D eigenvalue weighted by molar-refractivity contribution is 0.636. The number of nitrogens with two attached hydrogens (primary N) is 1. The highest BCUT2D eigenvalue weighted by atomic mass is 79.9. The molecule has 3 heterocycles. The van der Waals surface area contributed by atoms with Crippen molar-refractivity contribution in [2.45, 2.75) is 0 Å². The zero-order valence-electron chi connectivity index (χ0n) is 12.9. The Hall–Kier alpha value is -2.78. The molecule has 128 valence electrons. The number of aromatic nitrogens is 4. The number of halogens is 2. The van der Waals surface area contributed by atoms with Gasteiger partial charge in [0.25, 0.3) is 5.56 Å². The summed E-state index contributed by atoms with van der Waals surface area (Å²) in [6.07, 6.45) is 3.27. The number of anilines is 1. The highest BCUT2D eigenvalue weighted by molar-refractivity contribution is 9.10. The molecule has 0 amide bonds. The molecule has 6 nitrogen and oxygen atoms in total. The number of hydrogen-bond donors (Lipinski definition) is 3. The minimum absolute atomic E-state index is 0.0716. The summed E-state index contributed by atoms with van der Waals surface area (Å²) < 4.78 is 20.0. The molecule has 0 aliphatic heterocycles. The first-order valence-corrected chi connectivity index (χ1v) is 9.13. The molecule has 5 rings (SSSR count). The summed E-state index contributed by atoms with van der Waals surface area (Å²) >= 11 is 4.84. The van der Waals surface area contributed by atoms with Gasteiger partial charge in [-0.1, -0.05) is 22.0 Å². The van der Waals surface area contributed by atoms with Gasteiger partial charge >= 0.3 is 0 Å². The molecule has 3 aromatic heterocycles. The second-order valence-corrected chi connectivity index (χ2v) is 7.50. The molecule has 0 fully saturated rings. The average Bonchev–Trinajstić information content (AvgIpc) is 3.29. The van der Waals surface area contributed by atoms with Gasteiger partial charge in [0.05, 0.1) is 16.4 Å². The topological polar surface area (TPSA) is 100 Å². The van der Waals surface area contributed by atoms with Crippen molar-refractivity contribution >= 4 is 65.0 Å². The molecule has 9 heteroatoms. The van der Waals surface area contributed by atoms with Crippen molar-refractivity contribution in [2.24, 2.45) is 0 Å². The highest BCUT2D eigenvalue weighted by Crippen LogP contribution is 2.41. The Morgan fingerprint density at radius 2 is 2.00 bits per heavy atom. The fourth-order valence-corrected chi connectivity index (χ4v) is 4.70. The predicted molar refractivity (Wildman–Crippen MR) is 105 cm³/mol. The fraction of sp³-hybridized carbons (Fsp3) is 0. The first kappa shape index (κ1) is 15.5. The second-order valence-electron chi connectivity index (χ2n) is 5.85. The van der Waals surface area contributed by atoms with Gasteiger partial charge in [0, 0.05) is 32.4 Å². The van der Waals surface area contributed by atoms with Crippen molar-refractivity contribution in [1.29, 1.82) is 0 Å². The molecule has 0 aliphatic carbocycles. The largest absolute Gasteiger partial charge is 0.394 e. The number of pyridine rings is 1. The normalized spacial score (nSPS) is 11.8. The van der Waals surface area contributed by atoms with Crippen molar-refractivity contribution in [2.75, 3.05) is 5.73 Å². The summed E-state index contributed by atoms with van der Waals surface area (Å²) in [5.74, 6) is -0.417. The first-order chi connectivity index (χ1) is 12.6. The Morgan fingerprint density at radius 3 is 2.85 bits per heavy atom. The van der Waals surface area contributed by atoms with Crippen LogP contribution in [0.2, 0.25) is 0 Å². The SMILES string of the molecule is Nc1c(-c2ccc(F)c3[nH]ncc23)c2cc(Br)c3cnsc3c2[nH]c1=O. The van der Waals surface area contributed by atoms with E-state index in [0.717, 1.165) is 19.9 Å². The van der Waals surface area contributed by atoms with E-state index < -0.39 is 11.4 Å². The van der Waals surface area contributed by atoms with Gasteiger partial charge < -0.3 is 10.7 Å². The number of H-pyrrole nitrogens is 2. The monoisotopic (exact) mass is 429 g/mol. The van der Waals surface area contributed by atoms with Crippen LogP contribution in [0.15, 0.2) is 39.9 Å². The zero-order valence-corrected chi connectivity index (χ0v) is 15.3. The van der Waals surface area contributed by atoms with Crippen LogP contribution in [0.25, 0.3) is 43.0 Å². The Kier molecular flexibility index (Phi) is 3.19. The summed E-state index contributed by atoms with van der Waals surface area (Å²) in [7, 11) is 0. The second kappa shape index (κ2) is 5.36. The van der Waals surface area contributed by atoms with E-state index in [0.29, 0.717) is 22.0 Å². The maximum atomic E-state index is 14.1. The number of fused-ring (bicyclic) bond motifs is 4. The number of hydrogen-bond acceptors (Lipinski definition) is 5. The molecular weight excluding hydrogens is 421 g/mol. The maximum absolute atomic E-state index is 14.1. The number of nitrogens with zero attached hydrogens (tertiary/aromatic N) is 2. The molecule has 26 heavy (non-hydrogen) atoms. The van der Waals surface area contributed by atoms with Crippen LogP contribution >= 0.6 is 27.5 Å². The Balaban J connectivity index is 2.03. The maximum Gasteiger partial charge on any atom is 0.272 e. The summed E-state index contributed by atoms with van der Waals surface area (Å²) in [5, 5.41) is 8.79. The number of nitrogens with one attached hydrogen (secondary N) is 2. The summed E-state index contributed by atoms with van der Waals surface area (Å²) in [4.78, 5) is 15.4. The number of benzene rings is 2. The zero-order chi connectivity index (χ0) is 18.0. The first-order valence-electron chi connectivity index (χ1n) is 7.56. The number of nitrogen functional groups attached to an aromatic ring is 1. The van der Waals surface area contributed by atoms with Crippen molar-refractivity contribution in [3.8, 4) is 11.1 Å². The number of aromatic amines is 2. The Bertz CT molecular complexity index is 1400.